The minimum atomic E-state index is -0.166. The summed E-state index contributed by atoms with van der Waals surface area (Å²) < 4.78 is 0. The topological polar surface area (TPSA) is 58.2 Å². The maximum Gasteiger partial charge on any atom is 0.211 e. The Morgan fingerprint density at radius 2 is 1.71 bits per heavy atom. The van der Waals surface area contributed by atoms with Gasteiger partial charge in [-0.1, -0.05) is 18.6 Å². The van der Waals surface area contributed by atoms with Crippen LogP contribution in [0.4, 0.5) is 0 Å². The highest BCUT2D eigenvalue weighted by molar-refractivity contribution is 6.13. The molecular formula is C20H18N2O2. The molecule has 0 aromatic heterocycles. The van der Waals surface area contributed by atoms with E-state index in [1.54, 1.807) is 12.2 Å². The van der Waals surface area contributed by atoms with E-state index in [1.807, 2.05) is 24.3 Å². The van der Waals surface area contributed by atoms with E-state index in [0.29, 0.717) is 16.8 Å². The van der Waals surface area contributed by atoms with Crippen molar-refractivity contribution in [2.45, 2.75) is 37.8 Å². The average molecular weight is 318 g/mol. The van der Waals surface area contributed by atoms with Crippen LogP contribution in [0.15, 0.2) is 35.7 Å². The zero-order chi connectivity index (χ0) is 16.3. The second-order valence-corrected chi connectivity index (χ2v) is 7.07. The predicted molar refractivity (Wildman–Crippen MR) is 91.5 cm³/mol. The van der Waals surface area contributed by atoms with Crippen LogP contribution in [-0.2, 0) is 0 Å². The van der Waals surface area contributed by atoms with Gasteiger partial charge in [-0.05, 0) is 60.4 Å². The Hall–Kier alpha value is -2.62. The number of Topliss-reactive ketones (excluding diaryl/α,β-unsaturated/α-hetero) is 1. The summed E-state index contributed by atoms with van der Waals surface area (Å²) in [7, 11) is 0. The molecule has 0 radical (unpaired) electrons. The van der Waals surface area contributed by atoms with Gasteiger partial charge in [0, 0.05) is 11.1 Å². The molecule has 1 heterocycles. The highest BCUT2D eigenvalue weighted by Gasteiger charge is 2.41. The molecule has 1 aromatic rings. The number of nitrogens with one attached hydrogen (secondary N) is 2. The third kappa shape index (κ3) is 1.86. The zero-order valence-corrected chi connectivity index (χ0v) is 13.3. The Morgan fingerprint density at radius 3 is 2.54 bits per heavy atom. The van der Waals surface area contributed by atoms with Crippen LogP contribution in [0.1, 0.15) is 52.8 Å². The molecule has 4 aliphatic rings. The van der Waals surface area contributed by atoms with Crippen LogP contribution in [0, 0.1) is 0 Å². The maximum absolute atomic E-state index is 13.0. The van der Waals surface area contributed by atoms with Gasteiger partial charge in [0.15, 0.2) is 5.78 Å². The van der Waals surface area contributed by atoms with Crippen molar-refractivity contribution in [3.8, 4) is 0 Å². The lowest BCUT2D eigenvalue weighted by atomic mass is 9.89. The van der Waals surface area contributed by atoms with E-state index in [0.717, 1.165) is 29.0 Å². The summed E-state index contributed by atoms with van der Waals surface area (Å²) >= 11 is 0. The summed E-state index contributed by atoms with van der Waals surface area (Å²) in [5, 5.41) is 8.70. The van der Waals surface area contributed by atoms with E-state index in [9.17, 15) is 9.59 Å². The number of fused-ring (bicyclic) bond motifs is 2. The molecule has 1 spiro atoms. The number of carbonyl (C=O) groups is 2. The Morgan fingerprint density at radius 1 is 0.917 bits per heavy atom. The summed E-state index contributed by atoms with van der Waals surface area (Å²) in [6.45, 7) is 0. The van der Waals surface area contributed by atoms with E-state index in [2.05, 4.69) is 10.6 Å². The Balaban J connectivity index is 1.63. The molecule has 0 amide bonds. The van der Waals surface area contributed by atoms with Crippen LogP contribution in [0.2, 0.25) is 0 Å². The molecule has 0 saturated heterocycles. The molecule has 1 fully saturated rings. The molecule has 1 saturated carbocycles. The normalized spacial score (nSPS) is 22.8. The van der Waals surface area contributed by atoms with Crippen molar-refractivity contribution in [1.82, 2.24) is 10.6 Å². The summed E-state index contributed by atoms with van der Waals surface area (Å²) in [6.07, 6.45) is 12.9. The van der Waals surface area contributed by atoms with E-state index in [-0.39, 0.29) is 17.2 Å². The molecule has 5 rings (SSSR count). The van der Waals surface area contributed by atoms with Crippen molar-refractivity contribution in [2.75, 3.05) is 0 Å². The lowest BCUT2D eigenvalue weighted by Gasteiger charge is -2.35. The number of hydrogen-bond donors (Lipinski definition) is 2. The first kappa shape index (κ1) is 13.8. The SMILES string of the molecule is O=C1C=CC=c2cc3c(cc21)=CC1=C(NC2(CCCCC2)N1)C3=O. The zero-order valence-electron chi connectivity index (χ0n) is 13.3. The molecule has 0 unspecified atom stereocenters. The monoisotopic (exact) mass is 318 g/mol. The van der Waals surface area contributed by atoms with Gasteiger partial charge in [0.2, 0.25) is 5.78 Å². The number of hydrogen-bond acceptors (Lipinski definition) is 4. The highest BCUT2D eigenvalue weighted by Crippen LogP contribution is 2.33. The number of ketones is 2. The predicted octanol–water partition coefficient (Wildman–Crippen LogP) is 1.26. The molecule has 2 N–H and O–H groups in total. The van der Waals surface area contributed by atoms with E-state index >= 15 is 0 Å². The quantitative estimate of drug-likeness (QED) is 0.756. The van der Waals surface area contributed by atoms with Crippen molar-refractivity contribution < 1.29 is 9.59 Å². The Labute approximate surface area is 139 Å². The van der Waals surface area contributed by atoms with Crippen LogP contribution in [0.5, 0.6) is 0 Å². The molecule has 1 aliphatic heterocycles. The van der Waals surface area contributed by atoms with E-state index in [4.69, 9.17) is 0 Å². The first-order chi connectivity index (χ1) is 11.7. The van der Waals surface area contributed by atoms with Gasteiger partial charge in [0.1, 0.15) is 11.4 Å². The largest absolute Gasteiger partial charge is 0.361 e. The fourth-order valence-corrected chi connectivity index (χ4v) is 4.27. The first-order valence-corrected chi connectivity index (χ1v) is 8.59. The third-order valence-electron chi connectivity index (χ3n) is 5.50. The highest BCUT2D eigenvalue weighted by atomic mass is 16.1. The standard InChI is InChI=1S/C20H18N2O2/c23-17-6-4-5-12-9-15-13(10-14(12)17)11-16-18(19(15)24)22-20(21-16)7-2-1-3-8-20/h4-6,9-11,21-22H,1-3,7-8H2. The number of allylic oxidation sites excluding steroid dienone is 4. The van der Waals surface area contributed by atoms with Gasteiger partial charge in [0.05, 0.1) is 5.70 Å². The Kier molecular flexibility index (Phi) is 2.70. The van der Waals surface area contributed by atoms with Crippen LogP contribution in [0.25, 0.3) is 12.2 Å². The van der Waals surface area contributed by atoms with Gasteiger partial charge < -0.3 is 10.6 Å². The van der Waals surface area contributed by atoms with Gasteiger partial charge in [0.25, 0.3) is 0 Å². The summed E-state index contributed by atoms with van der Waals surface area (Å²) in [6, 6.07) is 3.70. The summed E-state index contributed by atoms with van der Waals surface area (Å²) in [5.41, 5.74) is 2.73. The van der Waals surface area contributed by atoms with Crippen molar-refractivity contribution in [2.24, 2.45) is 0 Å². The van der Waals surface area contributed by atoms with E-state index < -0.39 is 0 Å². The molecular weight excluding hydrogens is 300 g/mol. The van der Waals surface area contributed by atoms with Crippen LogP contribution in [-0.4, -0.2) is 17.2 Å². The first-order valence-electron chi connectivity index (χ1n) is 8.59. The molecule has 4 nitrogen and oxygen atoms in total. The van der Waals surface area contributed by atoms with Crippen molar-refractivity contribution in [3.63, 3.8) is 0 Å². The average Bonchev–Trinajstić information content (AvgIpc) is 2.93. The summed E-state index contributed by atoms with van der Waals surface area (Å²) in [5.74, 6) is 0.0211. The minimum absolute atomic E-state index is 0.00261. The second-order valence-electron chi connectivity index (χ2n) is 7.07. The smallest absolute Gasteiger partial charge is 0.211 e. The van der Waals surface area contributed by atoms with Gasteiger partial charge >= 0.3 is 0 Å². The van der Waals surface area contributed by atoms with Gasteiger partial charge in [-0.15, -0.1) is 0 Å². The van der Waals surface area contributed by atoms with Crippen LogP contribution in [0.3, 0.4) is 0 Å². The molecule has 24 heavy (non-hydrogen) atoms. The van der Waals surface area contributed by atoms with Gasteiger partial charge in [-0.25, -0.2) is 0 Å². The molecule has 0 bridgehead atoms. The minimum Gasteiger partial charge on any atom is -0.361 e. The molecule has 4 heteroatoms. The fourth-order valence-electron chi connectivity index (χ4n) is 4.27. The van der Waals surface area contributed by atoms with E-state index in [1.165, 1.54) is 19.3 Å². The lowest BCUT2D eigenvalue weighted by molar-refractivity contribution is 0.101. The van der Waals surface area contributed by atoms with Crippen LogP contribution >= 0.6 is 0 Å². The number of carbonyl (C=O) groups excluding carboxylic acids is 2. The molecule has 1 aromatic carbocycles. The Bertz CT molecular complexity index is 976. The molecule has 3 aliphatic carbocycles. The maximum atomic E-state index is 13.0. The van der Waals surface area contributed by atoms with Gasteiger partial charge in [-0.3, -0.25) is 9.59 Å². The molecule has 120 valence electrons. The number of benzene rings is 1. The van der Waals surface area contributed by atoms with Crippen molar-refractivity contribution >= 4 is 23.7 Å². The van der Waals surface area contributed by atoms with Crippen molar-refractivity contribution in [1.29, 1.82) is 0 Å². The molecule has 0 atom stereocenters. The van der Waals surface area contributed by atoms with Crippen molar-refractivity contribution in [3.05, 3.63) is 57.2 Å². The van der Waals surface area contributed by atoms with Crippen LogP contribution < -0.4 is 21.1 Å². The second kappa shape index (κ2) is 4.69. The third-order valence-corrected chi connectivity index (χ3v) is 5.50. The lowest BCUT2D eigenvalue weighted by Crippen LogP contribution is -2.51. The van der Waals surface area contributed by atoms with Gasteiger partial charge in [-0.2, -0.15) is 0 Å². The fraction of sp³-hybridized carbons (Fsp3) is 0.300. The number of rotatable bonds is 0. The summed E-state index contributed by atoms with van der Waals surface area (Å²) in [4.78, 5) is 25.1.